The Hall–Kier alpha value is -2.17. The zero-order chi connectivity index (χ0) is 18.2. The molecular formula is C21H29N3O. The van der Waals surface area contributed by atoms with Crippen LogP contribution in [-0.4, -0.2) is 30.9 Å². The molecule has 0 bridgehead atoms. The van der Waals surface area contributed by atoms with E-state index >= 15 is 0 Å². The molecule has 4 nitrogen and oxygen atoms in total. The normalized spacial score (nSPS) is 12.2. The summed E-state index contributed by atoms with van der Waals surface area (Å²) in [5, 5.41) is 2.96. The molecule has 0 aromatic heterocycles. The molecule has 134 valence electrons. The quantitative estimate of drug-likeness (QED) is 0.777. The Morgan fingerprint density at radius 2 is 1.80 bits per heavy atom. The van der Waals surface area contributed by atoms with E-state index in [0.717, 1.165) is 29.7 Å². The largest absolute Gasteiger partial charge is 0.351 e. The van der Waals surface area contributed by atoms with Crippen molar-refractivity contribution in [2.45, 2.75) is 38.9 Å². The van der Waals surface area contributed by atoms with Crippen LogP contribution in [0.1, 0.15) is 30.9 Å². The van der Waals surface area contributed by atoms with Gasteiger partial charge in [0.15, 0.2) is 0 Å². The summed E-state index contributed by atoms with van der Waals surface area (Å²) in [5.41, 5.74) is 10.6. The van der Waals surface area contributed by atoms with E-state index in [1.165, 1.54) is 5.56 Å². The fourth-order valence-corrected chi connectivity index (χ4v) is 2.87. The molecule has 2 aromatic rings. The molecule has 2 rings (SSSR count). The van der Waals surface area contributed by atoms with E-state index in [4.69, 9.17) is 5.73 Å². The van der Waals surface area contributed by atoms with Crippen molar-refractivity contribution in [3.63, 3.8) is 0 Å². The van der Waals surface area contributed by atoms with Crippen molar-refractivity contribution in [3.05, 3.63) is 59.7 Å². The van der Waals surface area contributed by atoms with Crippen LogP contribution in [0, 0.1) is 0 Å². The Bertz CT molecular complexity index is 680. The first-order valence-corrected chi connectivity index (χ1v) is 8.86. The van der Waals surface area contributed by atoms with Crippen molar-refractivity contribution in [2.75, 3.05) is 14.1 Å². The molecule has 25 heavy (non-hydrogen) atoms. The molecule has 0 radical (unpaired) electrons. The molecule has 0 aliphatic carbocycles. The lowest BCUT2D eigenvalue weighted by atomic mass is 9.98. The van der Waals surface area contributed by atoms with Crippen molar-refractivity contribution in [1.82, 2.24) is 10.2 Å². The first kappa shape index (κ1) is 19.2. The van der Waals surface area contributed by atoms with Crippen LogP contribution in [0.15, 0.2) is 48.5 Å². The van der Waals surface area contributed by atoms with Crippen molar-refractivity contribution in [2.24, 2.45) is 5.73 Å². The van der Waals surface area contributed by atoms with Crippen molar-refractivity contribution in [1.29, 1.82) is 0 Å². The van der Waals surface area contributed by atoms with Gasteiger partial charge >= 0.3 is 0 Å². The fourth-order valence-electron chi connectivity index (χ4n) is 2.87. The summed E-state index contributed by atoms with van der Waals surface area (Å²) in [4.78, 5) is 14.2. The summed E-state index contributed by atoms with van der Waals surface area (Å²) in [6.07, 6.45) is 1.62. The molecular weight excluding hydrogens is 310 g/mol. The van der Waals surface area contributed by atoms with Gasteiger partial charge in [0.2, 0.25) is 5.91 Å². The van der Waals surface area contributed by atoms with Gasteiger partial charge in [0.05, 0.1) is 6.04 Å². The topological polar surface area (TPSA) is 58.4 Å². The Balaban J connectivity index is 2.11. The molecule has 0 aliphatic rings. The number of carbonyl (C=O) groups excluding carboxylic acids is 1. The highest BCUT2D eigenvalue weighted by molar-refractivity contribution is 5.81. The van der Waals surface area contributed by atoms with Gasteiger partial charge in [-0.3, -0.25) is 4.79 Å². The predicted octanol–water partition coefficient (Wildman–Crippen LogP) is 3.16. The molecule has 0 aliphatic heterocycles. The van der Waals surface area contributed by atoms with Crippen LogP contribution in [0.3, 0.4) is 0 Å². The monoisotopic (exact) mass is 339 g/mol. The SMILES string of the molecule is CCCC(N)C(=O)NCc1ccccc1-c1ccc(CN(C)C)cc1. The Morgan fingerprint density at radius 1 is 1.12 bits per heavy atom. The third-order valence-electron chi connectivity index (χ3n) is 4.17. The second kappa shape index (κ2) is 9.35. The number of hydrogen-bond donors (Lipinski definition) is 2. The van der Waals surface area contributed by atoms with Gasteiger partial charge in [-0.15, -0.1) is 0 Å². The Morgan fingerprint density at radius 3 is 2.44 bits per heavy atom. The van der Waals surface area contributed by atoms with Gasteiger partial charge in [0.1, 0.15) is 0 Å². The minimum Gasteiger partial charge on any atom is -0.351 e. The predicted molar refractivity (Wildman–Crippen MR) is 104 cm³/mol. The maximum Gasteiger partial charge on any atom is 0.237 e. The van der Waals surface area contributed by atoms with Gasteiger partial charge in [0.25, 0.3) is 0 Å². The van der Waals surface area contributed by atoms with E-state index in [1.54, 1.807) is 0 Å². The molecule has 0 heterocycles. The van der Waals surface area contributed by atoms with Crippen LogP contribution in [0.25, 0.3) is 11.1 Å². The number of nitrogens with two attached hydrogens (primary N) is 1. The second-order valence-electron chi connectivity index (χ2n) is 6.70. The third-order valence-corrected chi connectivity index (χ3v) is 4.17. The van der Waals surface area contributed by atoms with E-state index in [0.29, 0.717) is 13.0 Å². The molecule has 4 heteroatoms. The molecule has 1 atom stereocenters. The maximum absolute atomic E-state index is 12.1. The van der Waals surface area contributed by atoms with Gasteiger partial charge in [-0.1, -0.05) is 61.9 Å². The van der Waals surface area contributed by atoms with Gasteiger partial charge in [0, 0.05) is 13.1 Å². The summed E-state index contributed by atoms with van der Waals surface area (Å²) in [7, 11) is 4.13. The lowest BCUT2D eigenvalue weighted by molar-refractivity contribution is -0.122. The summed E-state index contributed by atoms with van der Waals surface area (Å²) >= 11 is 0. The molecule has 3 N–H and O–H groups in total. The van der Waals surface area contributed by atoms with Crippen molar-refractivity contribution < 1.29 is 4.79 Å². The summed E-state index contributed by atoms with van der Waals surface area (Å²) in [6.45, 7) is 3.45. The van der Waals surface area contributed by atoms with Crippen molar-refractivity contribution >= 4 is 5.91 Å². The third kappa shape index (κ3) is 5.69. The van der Waals surface area contributed by atoms with E-state index in [1.807, 2.05) is 19.1 Å². The number of amides is 1. The standard InChI is InChI=1S/C21H29N3O/c1-4-7-20(22)21(25)23-14-18-8-5-6-9-19(18)17-12-10-16(11-13-17)15-24(2)3/h5-6,8-13,20H,4,7,14-15,22H2,1-3H3,(H,23,25). The lowest BCUT2D eigenvalue weighted by Gasteiger charge is -2.14. The Labute approximate surface area is 151 Å². The number of rotatable bonds is 8. The van der Waals surface area contributed by atoms with Gasteiger partial charge in [-0.25, -0.2) is 0 Å². The van der Waals surface area contributed by atoms with E-state index in [2.05, 4.69) is 60.7 Å². The fraction of sp³-hybridized carbons (Fsp3) is 0.381. The average Bonchev–Trinajstić information content (AvgIpc) is 2.60. The van der Waals surface area contributed by atoms with Crippen LogP contribution in [0.5, 0.6) is 0 Å². The van der Waals surface area contributed by atoms with Crippen LogP contribution in [-0.2, 0) is 17.9 Å². The molecule has 1 unspecified atom stereocenters. The maximum atomic E-state index is 12.1. The van der Waals surface area contributed by atoms with Gasteiger partial charge < -0.3 is 16.0 Å². The summed E-state index contributed by atoms with van der Waals surface area (Å²) in [5.74, 6) is -0.0852. The van der Waals surface area contributed by atoms with Crippen LogP contribution >= 0.6 is 0 Å². The molecule has 0 spiro atoms. The smallest absolute Gasteiger partial charge is 0.237 e. The average molecular weight is 339 g/mol. The van der Waals surface area contributed by atoms with Crippen molar-refractivity contribution in [3.8, 4) is 11.1 Å². The van der Waals surface area contributed by atoms with Crippen LogP contribution in [0.2, 0.25) is 0 Å². The van der Waals surface area contributed by atoms with E-state index in [-0.39, 0.29) is 5.91 Å². The number of hydrogen-bond acceptors (Lipinski definition) is 3. The van der Waals surface area contributed by atoms with Crippen LogP contribution in [0.4, 0.5) is 0 Å². The molecule has 0 saturated carbocycles. The number of carbonyl (C=O) groups is 1. The minimum atomic E-state index is -0.428. The second-order valence-corrected chi connectivity index (χ2v) is 6.70. The van der Waals surface area contributed by atoms with E-state index in [9.17, 15) is 4.79 Å². The first-order valence-electron chi connectivity index (χ1n) is 8.86. The van der Waals surface area contributed by atoms with Gasteiger partial charge in [-0.2, -0.15) is 0 Å². The van der Waals surface area contributed by atoms with E-state index < -0.39 is 6.04 Å². The number of nitrogens with one attached hydrogen (secondary N) is 1. The molecule has 2 aromatic carbocycles. The highest BCUT2D eigenvalue weighted by Crippen LogP contribution is 2.24. The lowest BCUT2D eigenvalue weighted by Crippen LogP contribution is -2.40. The summed E-state index contributed by atoms with van der Waals surface area (Å²) < 4.78 is 0. The van der Waals surface area contributed by atoms with Crippen LogP contribution < -0.4 is 11.1 Å². The highest BCUT2D eigenvalue weighted by Gasteiger charge is 2.12. The molecule has 0 fully saturated rings. The highest BCUT2D eigenvalue weighted by atomic mass is 16.2. The first-order chi connectivity index (χ1) is 12.0. The number of nitrogens with zero attached hydrogens (tertiary/aromatic N) is 1. The summed E-state index contributed by atoms with van der Waals surface area (Å²) in [6, 6.07) is 16.3. The van der Waals surface area contributed by atoms with Gasteiger partial charge in [-0.05, 0) is 42.8 Å². The zero-order valence-electron chi connectivity index (χ0n) is 15.5. The minimum absolute atomic E-state index is 0.0852. The number of benzene rings is 2. The Kier molecular flexibility index (Phi) is 7.16. The molecule has 0 saturated heterocycles. The zero-order valence-corrected chi connectivity index (χ0v) is 15.5. The molecule has 1 amide bonds.